The second kappa shape index (κ2) is 5.46. The fraction of sp³-hybridized carbons (Fsp3) is 0.529. The summed E-state index contributed by atoms with van der Waals surface area (Å²) in [6.07, 6.45) is 1.26. The number of rotatable bonds is 2. The molecule has 1 unspecified atom stereocenters. The van der Waals surface area contributed by atoms with E-state index in [1.54, 1.807) is 0 Å². The molecule has 0 aliphatic carbocycles. The number of hydrogen-bond donors (Lipinski definition) is 0. The van der Waals surface area contributed by atoms with Crippen molar-refractivity contribution in [2.24, 2.45) is 5.41 Å². The van der Waals surface area contributed by atoms with Gasteiger partial charge in [0, 0.05) is 34.0 Å². The molecule has 0 saturated carbocycles. The van der Waals surface area contributed by atoms with Gasteiger partial charge in [0.1, 0.15) is 0 Å². The molecule has 1 heterocycles. The Morgan fingerprint density at radius 2 is 2.14 bits per heavy atom. The van der Waals surface area contributed by atoms with Crippen molar-refractivity contribution in [2.75, 3.05) is 11.4 Å². The predicted octanol–water partition coefficient (Wildman–Crippen LogP) is 4.40. The zero-order valence-corrected chi connectivity index (χ0v) is 14.6. The number of fused-ring (bicyclic) bond motifs is 1. The van der Waals surface area contributed by atoms with E-state index in [-0.39, 0.29) is 11.3 Å². The second-order valence-corrected chi connectivity index (χ2v) is 7.94. The summed E-state index contributed by atoms with van der Waals surface area (Å²) < 4.78 is 1.01. The highest BCUT2D eigenvalue weighted by atomic mass is 79.9. The smallest absolute Gasteiger partial charge is 0.232 e. The molecule has 112 valence electrons. The minimum atomic E-state index is -0.412. The zero-order chi connectivity index (χ0) is 15.8. The van der Waals surface area contributed by atoms with E-state index in [1.165, 1.54) is 0 Å². The van der Waals surface area contributed by atoms with Gasteiger partial charge in [-0.15, -0.1) is 0 Å². The van der Waals surface area contributed by atoms with Gasteiger partial charge in [0.2, 0.25) is 5.91 Å². The van der Waals surface area contributed by atoms with Crippen LogP contribution in [0.25, 0.3) is 0 Å². The van der Waals surface area contributed by atoms with E-state index in [1.807, 2.05) is 37.8 Å². The van der Waals surface area contributed by atoms with Gasteiger partial charge in [-0.1, -0.05) is 43.6 Å². The van der Waals surface area contributed by atoms with Crippen LogP contribution in [-0.4, -0.2) is 12.5 Å². The van der Waals surface area contributed by atoms with Crippen molar-refractivity contribution in [3.63, 3.8) is 0 Å². The molecule has 1 aromatic rings. The number of halogens is 1. The summed E-state index contributed by atoms with van der Waals surface area (Å²) >= 11 is 3.51. The summed E-state index contributed by atoms with van der Waals surface area (Å²) in [4.78, 5) is 14.6. The number of amides is 1. The summed E-state index contributed by atoms with van der Waals surface area (Å²) in [6.45, 7) is 8.62. The van der Waals surface area contributed by atoms with Gasteiger partial charge in [-0.2, -0.15) is 5.26 Å². The molecule has 1 amide bonds. The largest absolute Gasteiger partial charge is 0.311 e. The molecular formula is C17H21BrN2O. The van der Waals surface area contributed by atoms with Crippen LogP contribution in [0.5, 0.6) is 0 Å². The Labute approximate surface area is 135 Å². The topological polar surface area (TPSA) is 44.1 Å². The predicted molar refractivity (Wildman–Crippen MR) is 88.1 cm³/mol. The van der Waals surface area contributed by atoms with E-state index in [0.29, 0.717) is 13.0 Å². The SMILES string of the molecule is CC(C)(C)C(=O)N1CC(C)(CCC#N)c2cc(Br)ccc21. The lowest BCUT2D eigenvalue weighted by Gasteiger charge is -2.28. The number of nitrogens with zero attached hydrogens (tertiary/aromatic N) is 2. The first-order valence-electron chi connectivity index (χ1n) is 7.18. The maximum absolute atomic E-state index is 12.7. The van der Waals surface area contributed by atoms with Crippen LogP contribution >= 0.6 is 15.9 Å². The first kappa shape index (κ1) is 16.0. The lowest BCUT2D eigenvalue weighted by atomic mass is 9.80. The minimum Gasteiger partial charge on any atom is -0.311 e. The molecule has 4 heteroatoms. The van der Waals surface area contributed by atoms with E-state index < -0.39 is 5.41 Å². The fourth-order valence-corrected chi connectivity index (χ4v) is 3.24. The van der Waals surface area contributed by atoms with Crippen LogP contribution in [0.15, 0.2) is 22.7 Å². The molecule has 1 aliphatic rings. The third-order valence-electron chi connectivity index (χ3n) is 4.08. The maximum Gasteiger partial charge on any atom is 0.232 e. The number of benzene rings is 1. The van der Waals surface area contributed by atoms with Crippen molar-refractivity contribution < 1.29 is 4.79 Å². The number of carbonyl (C=O) groups excluding carboxylic acids is 1. The van der Waals surface area contributed by atoms with Crippen LogP contribution in [0.3, 0.4) is 0 Å². The van der Waals surface area contributed by atoms with Crippen molar-refractivity contribution >= 4 is 27.5 Å². The van der Waals surface area contributed by atoms with Gasteiger partial charge >= 0.3 is 0 Å². The highest BCUT2D eigenvalue weighted by Crippen LogP contribution is 2.45. The maximum atomic E-state index is 12.7. The van der Waals surface area contributed by atoms with Crippen molar-refractivity contribution in [1.82, 2.24) is 0 Å². The molecule has 0 saturated heterocycles. The molecule has 0 radical (unpaired) electrons. The van der Waals surface area contributed by atoms with Crippen molar-refractivity contribution in [3.8, 4) is 6.07 Å². The molecule has 0 bridgehead atoms. The van der Waals surface area contributed by atoms with Gasteiger partial charge in [-0.3, -0.25) is 4.79 Å². The first-order valence-corrected chi connectivity index (χ1v) is 7.97. The molecular weight excluding hydrogens is 328 g/mol. The quantitative estimate of drug-likeness (QED) is 0.794. The summed E-state index contributed by atoms with van der Waals surface area (Å²) in [6, 6.07) is 8.28. The van der Waals surface area contributed by atoms with Crippen LogP contribution < -0.4 is 4.90 Å². The molecule has 0 N–H and O–H groups in total. The van der Waals surface area contributed by atoms with Crippen molar-refractivity contribution in [1.29, 1.82) is 5.26 Å². The molecule has 1 aliphatic heterocycles. The molecule has 1 aromatic carbocycles. The molecule has 21 heavy (non-hydrogen) atoms. The van der Waals surface area contributed by atoms with Crippen LogP contribution in [0, 0.1) is 16.7 Å². The zero-order valence-electron chi connectivity index (χ0n) is 13.0. The number of nitriles is 1. The summed E-state index contributed by atoms with van der Waals surface area (Å²) in [5.41, 5.74) is 1.57. The Morgan fingerprint density at radius 3 is 2.71 bits per heavy atom. The monoisotopic (exact) mass is 348 g/mol. The van der Waals surface area contributed by atoms with E-state index in [9.17, 15) is 4.79 Å². The Morgan fingerprint density at radius 1 is 1.48 bits per heavy atom. The number of hydrogen-bond acceptors (Lipinski definition) is 2. The number of anilines is 1. The Hall–Kier alpha value is -1.34. The highest BCUT2D eigenvalue weighted by molar-refractivity contribution is 9.10. The third-order valence-corrected chi connectivity index (χ3v) is 4.58. The standard InChI is InChI=1S/C17H21BrN2O/c1-16(2,3)15(21)20-11-17(4,8-5-9-19)13-10-12(18)6-7-14(13)20/h6-7,10H,5,8,11H2,1-4H3. The van der Waals surface area contributed by atoms with Crippen molar-refractivity contribution in [3.05, 3.63) is 28.2 Å². The normalized spacial score (nSPS) is 21.0. The molecule has 1 atom stereocenters. The number of carbonyl (C=O) groups is 1. The lowest BCUT2D eigenvalue weighted by molar-refractivity contribution is -0.125. The van der Waals surface area contributed by atoms with Gasteiger partial charge in [0.05, 0.1) is 6.07 Å². The Bertz CT molecular complexity index is 612. The third kappa shape index (κ3) is 2.98. The van der Waals surface area contributed by atoms with E-state index in [4.69, 9.17) is 5.26 Å². The minimum absolute atomic E-state index is 0.131. The Balaban J connectivity index is 2.47. The van der Waals surface area contributed by atoms with Gasteiger partial charge in [0.15, 0.2) is 0 Å². The van der Waals surface area contributed by atoms with Gasteiger partial charge < -0.3 is 4.90 Å². The molecule has 0 spiro atoms. The molecule has 2 rings (SSSR count). The average molecular weight is 349 g/mol. The molecule has 0 aromatic heterocycles. The fourth-order valence-electron chi connectivity index (χ4n) is 2.88. The van der Waals surface area contributed by atoms with Crippen LogP contribution in [-0.2, 0) is 10.2 Å². The molecule has 3 nitrogen and oxygen atoms in total. The van der Waals surface area contributed by atoms with Crippen LogP contribution in [0.1, 0.15) is 46.1 Å². The van der Waals surface area contributed by atoms with Gasteiger partial charge in [-0.25, -0.2) is 0 Å². The summed E-state index contributed by atoms with van der Waals surface area (Å²) in [5, 5.41) is 8.91. The second-order valence-electron chi connectivity index (χ2n) is 7.02. The summed E-state index contributed by atoms with van der Waals surface area (Å²) in [5.74, 6) is 0.131. The van der Waals surface area contributed by atoms with Gasteiger partial charge in [-0.05, 0) is 30.2 Å². The highest BCUT2D eigenvalue weighted by Gasteiger charge is 2.43. The van der Waals surface area contributed by atoms with Crippen molar-refractivity contribution in [2.45, 2.75) is 46.0 Å². The van der Waals surface area contributed by atoms with E-state index >= 15 is 0 Å². The van der Waals surface area contributed by atoms with Gasteiger partial charge in [0.25, 0.3) is 0 Å². The van der Waals surface area contributed by atoms with Crippen LogP contribution in [0.2, 0.25) is 0 Å². The van der Waals surface area contributed by atoms with Crippen LogP contribution in [0.4, 0.5) is 5.69 Å². The van der Waals surface area contributed by atoms with E-state index in [2.05, 4.69) is 35.0 Å². The molecule has 0 fully saturated rings. The Kier molecular flexibility index (Phi) is 4.17. The lowest BCUT2D eigenvalue weighted by Crippen LogP contribution is -2.41. The first-order chi connectivity index (χ1) is 9.69. The average Bonchev–Trinajstić information content (AvgIpc) is 2.68. The van der Waals surface area contributed by atoms with E-state index in [0.717, 1.165) is 22.1 Å². The summed E-state index contributed by atoms with van der Waals surface area (Å²) in [7, 11) is 0.